The zero-order valence-electron chi connectivity index (χ0n) is 9.13. The van der Waals surface area contributed by atoms with Gasteiger partial charge in [0.25, 0.3) is 5.69 Å². The lowest BCUT2D eigenvalue weighted by Crippen LogP contribution is -2.25. The first-order valence-corrected chi connectivity index (χ1v) is 5.66. The number of nitrogens with zero attached hydrogens (tertiary/aromatic N) is 1. The topological polar surface area (TPSA) is 69.2 Å². The summed E-state index contributed by atoms with van der Waals surface area (Å²) in [4.78, 5) is 10.1. The van der Waals surface area contributed by atoms with Crippen molar-refractivity contribution in [3.8, 4) is 0 Å². The molecule has 1 aromatic carbocycles. The maximum atomic E-state index is 10.5. The zero-order valence-corrected chi connectivity index (χ0v) is 9.13. The molecule has 0 saturated heterocycles. The number of hydrogen-bond acceptors (Lipinski definition) is 3. The fourth-order valence-corrected chi connectivity index (χ4v) is 2.38. The fraction of sp³-hybridized carbons (Fsp3) is 0.500. The molecule has 0 heterocycles. The van der Waals surface area contributed by atoms with E-state index in [9.17, 15) is 10.1 Å². The summed E-state index contributed by atoms with van der Waals surface area (Å²) in [6.45, 7) is 0. The SMILES string of the molecule is NC1CCCC1Cc1ccc([N+](=O)[O-])cc1. The molecule has 0 aliphatic heterocycles. The Kier molecular flexibility index (Phi) is 3.19. The highest BCUT2D eigenvalue weighted by Gasteiger charge is 2.23. The Morgan fingerprint density at radius 1 is 1.31 bits per heavy atom. The fourth-order valence-electron chi connectivity index (χ4n) is 2.38. The number of rotatable bonds is 3. The molecule has 2 rings (SSSR count). The van der Waals surface area contributed by atoms with Gasteiger partial charge in [-0.2, -0.15) is 0 Å². The standard InChI is InChI=1S/C12H16N2O2/c13-12-3-1-2-10(12)8-9-4-6-11(7-5-9)14(15)16/h4-7,10,12H,1-3,8,13H2. The van der Waals surface area contributed by atoms with Gasteiger partial charge in [0, 0.05) is 18.2 Å². The van der Waals surface area contributed by atoms with Crippen LogP contribution in [0.25, 0.3) is 0 Å². The summed E-state index contributed by atoms with van der Waals surface area (Å²) in [5.41, 5.74) is 7.30. The summed E-state index contributed by atoms with van der Waals surface area (Å²) >= 11 is 0. The molecule has 1 aliphatic carbocycles. The van der Waals surface area contributed by atoms with Crippen molar-refractivity contribution in [1.82, 2.24) is 0 Å². The highest BCUT2D eigenvalue weighted by atomic mass is 16.6. The molecule has 2 N–H and O–H groups in total. The molecule has 1 aromatic rings. The Hall–Kier alpha value is -1.42. The van der Waals surface area contributed by atoms with Crippen molar-refractivity contribution in [2.45, 2.75) is 31.7 Å². The number of nitro benzene ring substituents is 1. The van der Waals surface area contributed by atoms with Gasteiger partial charge in [-0.15, -0.1) is 0 Å². The van der Waals surface area contributed by atoms with Crippen LogP contribution in [0.3, 0.4) is 0 Å². The van der Waals surface area contributed by atoms with E-state index in [1.165, 1.54) is 12.8 Å². The van der Waals surface area contributed by atoms with E-state index in [0.717, 1.165) is 18.4 Å². The van der Waals surface area contributed by atoms with Crippen molar-refractivity contribution in [1.29, 1.82) is 0 Å². The third kappa shape index (κ3) is 2.39. The lowest BCUT2D eigenvalue weighted by atomic mass is 9.95. The Balaban J connectivity index is 2.02. The van der Waals surface area contributed by atoms with Crippen LogP contribution in [0.5, 0.6) is 0 Å². The van der Waals surface area contributed by atoms with Crippen molar-refractivity contribution in [2.75, 3.05) is 0 Å². The van der Waals surface area contributed by atoms with Crippen LogP contribution in [0.1, 0.15) is 24.8 Å². The average Bonchev–Trinajstić information content (AvgIpc) is 2.65. The molecule has 2 atom stereocenters. The predicted octanol–water partition coefficient (Wildman–Crippen LogP) is 2.26. The Labute approximate surface area is 94.6 Å². The summed E-state index contributed by atoms with van der Waals surface area (Å²) in [5, 5.41) is 10.5. The largest absolute Gasteiger partial charge is 0.327 e. The van der Waals surface area contributed by atoms with Crippen molar-refractivity contribution in [3.63, 3.8) is 0 Å². The van der Waals surface area contributed by atoms with Crippen LogP contribution in [0.4, 0.5) is 5.69 Å². The van der Waals surface area contributed by atoms with Gasteiger partial charge in [-0.05, 0) is 30.7 Å². The number of hydrogen-bond donors (Lipinski definition) is 1. The van der Waals surface area contributed by atoms with Gasteiger partial charge in [0.2, 0.25) is 0 Å². The lowest BCUT2D eigenvalue weighted by Gasteiger charge is -2.14. The first-order chi connectivity index (χ1) is 7.66. The quantitative estimate of drug-likeness (QED) is 0.627. The van der Waals surface area contributed by atoms with Gasteiger partial charge in [0.15, 0.2) is 0 Å². The summed E-state index contributed by atoms with van der Waals surface area (Å²) < 4.78 is 0. The molecule has 1 saturated carbocycles. The minimum atomic E-state index is -0.370. The van der Waals surface area contributed by atoms with Crippen LogP contribution in [-0.4, -0.2) is 11.0 Å². The molecule has 1 fully saturated rings. The van der Waals surface area contributed by atoms with Crippen LogP contribution >= 0.6 is 0 Å². The molecule has 16 heavy (non-hydrogen) atoms. The van der Waals surface area contributed by atoms with Gasteiger partial charge in [0.05, 0.1) is 4.92 Å². The van der Waals surface area contributed by atoms with Crippen LogP contribution in [0.2, 0.25) is 0 Å². The second-order valence-corrected chi connectivity index (χ2v) is 4.48. The first kappa shape index (κ1) is 11.1. The molecular weight excluding hydrogens is 204 g/mol. The second kappa shape index (κ2) is 4.61. The normalized spacial score (nSPS) is 24.6. The maximum Gasteiger partial charge on any atom is 0.269 e. The Bertz CT molecular complexity index is 375. The summed E-state index contributed by atoms with van der Waals surface area (Å²) in [5.74, 6) is 0.543. The average molecular weight is 220 g/mol. The van der Waals surface area contributed by atoms with Crippen LogP contribution < -0.4 is 5.73 Å². The van der Waals surface area contributed by atoms with Crippen molar-refractivity contribution >= 4 is 5.69 Å². The van der Waals surface area contributed by atoms with Gasteiger partial charge in [-0.25, -0.2) is 0 Å². The lowest BCUT2D eigenvalue weighted by molar-refractivity contribution is -0.384. The number of benzene rings is 1. The van der Waals surface area contributed by atoms with Crippen LogP contribution in [0, 0.1) is 16.0 Å². The van der Waals surface area contributed by atoms with Gasteiger partial charge >= 0.3 is 0 Å². The summed E-state index contributed by atoms with van der Waals surface area (Å²) in [7, 11) is 0. The van der Waals surface area contributed by atoms with Crippen molar-refractivity contribution in [3.05, 3.63) is 39.9 Å². The first-order valence-electron chi connectivity index (χ1n) is 5.66. The summed E-state index contributed by atoms with van der Waals surface area (Å²) in [6, 6.07) is 7.10. The predicted molar refractivity (Wildman–Crippen MR) is 62.1 cm³/mol. The second-order valence-electron chi connectivity index (χ2n) is 4.48. The molecule has 0 amide bonds. The maximum absolute atomic E-state index is 10.5. The van der Waals surface area contributed by atoms with Crippen LogP contribution in [0.15, 0.2) is 24.3 Å². The van der Waals surface area contributed by atoms with Gasteiger partial charge in [-0.3, -0.25) is 10.1 Å². The van der Waals surface area contributed by atoms with E-state index >= 15 is 0 Å². The van der Waals surface area contributed by atoms with E-state index in [-0.39, 0.29) is 10.6 Å². The van der Waals surface area contributed by atoms with Crippen LogP contribution in [-0.2, 0) is 6.42 Å². The Morgan fingerprint density at radius 3 is 2.50 bits per heavy atom. The van der Waals surface area contributed by atoms with E-state index in [0.29, 0.717) is 12.0 Å². The van der Waals surface area contributed by atoms with E-state index in [1.807, 2.05) is 12.1 Å². The molecule has 0 radical (unpaired) electrons. The third-order valence-corrected chi connectivity index (χ3v) is 3.36. The molecular formula is C12H16N2O2. The molecule has 0 aromatic heterocycles. The number of non-ortho nitro benzene ring substituents is 1. The molecule has 4 nitrogen and oxygen atoms in total. The van der Waals surface area contributed by atoms with Crippen molar-refractivity contribution in [2.24, 2.45) is 11.7 Å². The minimum Gasteiger partial charge on any atom is -0.327 e. The molecule has 0 bridgehead atoms. The number of nitro groups is 1. The van der Waals surface area contributed by atoms with E-state index in [1.54, 1.807) is 12.1 Å². The van der Waals surface area contributed by atoms with E-state index in [2.05, 4.69) is 0 Å². The molecule has 0 spiro atoms. The minimum absolute atomic E-state index is 0.152. The monoisotopic (exact) mass is 220 g/mol. The van der Waals surface area contributed by atoms with E-state index in [4.69, 9.17) is 5.73 Å². The van der Waals surface area contributed by atoms with Crippen molar-refractivity contribution < 1.29 is 4.92 Å². The number of nitrogens with two attached hydrogens (primary N) is 1. The smallest absolute Gasteiger partial charge is 0.269 e. The van der Waals surface area contributed by atoms with Gasteiger partial charge in [-0.1, -0.05) is 18.6 Å². The molecule has 4 heteroatoms. The zero-order chi connectivity index (χ0) is 11.5. The Morgan fingerprint density at radius 2 is 2.00 bits per heavy atom. The van der Waals surface area contributed by atoms with Gasteiger partial charge < -0.3 is 5.73 Å². The highest BCUT2D eigenvalue weighted by Crippen LogP contribution is 2.27. The molecule has 1 aliphatic rings. The molecule has 86 valence electrons. The molecule has 2 unspecified atom stereocenters. The summed E-state index contributed by atoms with van der Waals surface area (Å²) in [6.07, 6.45) is 4.44. The highest BCUT2D eigenvalue weighted by molar-refractivity contribution is 5.33. The third-order valence-electron chi connectivity index (χ3n) is 3.36. The van der Waals surface area contributed by atoms with Gasteiger partial charge in [0.1, 0.15) is 0 Å². The van der Waals surface area contributed by atoms with E-state index < -0.39 is 0 Å².